The van der Waals surface area contributed by atoms with E-state index >= 15 is 0 Å². The lowest BCUT2D eigenvalue weighted by Crippen LogP contribution is -2.35. The van der Waals surface area contributed by atoms with Gasteiger partial charge in [0.2, 0.25) is 0 Å². The van der Waals surface area contributed by atoms with E-state index in [9.17, 15) is 14.7 Å². The Balaban J connectivity index is 1.66. The van der Waals surface area contributed by atoms with Crippen LogP contribution in [-0.4, -0.2) is 47.9 Å². The molecule has 26 heavy (non-hydrogen) atoms. The number of nitrogens with one attached hydrogen (secondary N) is 1. The topological polar surface area (TPSA) is 118 Å². The fraction of sp³-hybridized carbons (Fsp3) is 0.353. The number of aliphatic hydroxyl groups is 1. The molecule has 2 aromatic rings. The quantitative estimate of drug-likeness (QED) is 0.732. The number of thiazole rings is 1. The monoisotopic (exact) mass is 376 g/mol. The largest absolute Gasteiger partial charge is 0.440 e. The Kier molecular flexibility index (Phi) is 5.69. The summed E-state index contributed by atoms with van der Waals surface area (Å²) >= 11 is 1.29. The third-order valence-corrected chi connectivity index (χ3v) is 4.83. The summed E-state index contributed by atoms with van der Waals surface area (Å²) < 4.78 is 4.44. The Morgan fingerprint density at radius 1 is 1.38 bits per heavy atom. The van der Waals surface area contributed by atoms with Crippen LogP contribution in [0.1, 0.15) is 12.8 Å². The molecule has 1 aromatic carbocycles. The number of carbonyl (C=O) groups excluding carboxylic acids is 2. The highest BCUT2D eigenvalue weighted by Crippen LogP contribution is 2.29. The van der Waals surface area contributed by atoms with E-state index in [4.69, 9.17) is 5.73 Å². The molecular weight excluding hydrogens is 356 g/mol. The van der Waals surface area contributed by atoms with E-state index in [1.807, 2.05) is 23.6 Å². The van der Waals surface area contributed by atoms with Crippen molar-refractivity contribution in [1.82, 2.24) is 4.98 Å². The van der Waals surface area contributed by atoms with Gasteiger partial charge in [-0.3, -0.25) is 10.1 Å². The zero-order valence-electron chi connectivity index (χ0n) is 14.1. The number of rotatable bonds is 5. The molecule has 0 bridgehead atoms. The standard InChI is InChI=1S/C17H20N4O4S/c18-16(24)25-9-15(23)20-17-19-14(10-26-17)11-2-1-3-12(8-11)21-6-4-13(22)5-7-21/h1-3,8,10,13,22H,4-7,9H2,(H2,18,24)(H,19,20,23). The molecule has 0 unspecified atom stereocenters. The Bertz CT molecular complexity index is 787. The van der Waals surface area contributed by atoms with E-state index < -0.39 is 18.6 Å². The molecule has 0 atom stereocenters. The zero-order valence-corrected chi connectivity index (χ0v) is 14.9. The average molecular weight is 376 g/mol. The summed E-state index contributed by atoms with van der Waals surface area (Å²) in [7, 11) is 0. The lowest BCUT2D eigenvalue weighted by atomic mass is 10.1. The number of primary amides is 1. The number of anilines is 2. The Hall–Kier alpha value is -2.65. The van der Waals surface area contributed by atoms with Gasteiger partial charge in [-0.15, -0.1) is 11.3 Å². The lowest BCUT2D eigenvalue weighted by Gasteiger charge is -2.31. The normalized spacial score (nSPS) is 14.9. The van der Waals surface area contributed by atoms with Crippen LogP contribution in [0.5, 0.6) is 0 Å². The van der Waals surface area contributed by atoms with E-state index in [2.05, 4.69) is 26.0 Å². The summed E-state index contributed by atoms with van der Waals surface area (Å²) in [4.78, 5) is 28.8. The van der Waals surface area contributed by atoms with Crippen molar-refractivity contribution in [2.24, 2.45) is 5.73 Å². The Labute approximate surface area is 154 Å². The third kappa shape index (κ3) is 4.70. The number of benzene rings is 1. The minimum atomic E-state index is -0.998. The van der Waals surface area contributed by atoms with Crippen molar-refractivity contribution in [1.29, 1.82) is 0 Å². The van der Waals surface area contributed by atoms with Crippen LogP contribution in [0.2, 0.25) is 0 Å². The first-order valence-electron chi connectivity index (χ1n) is 8.22. The van der Waals surface area contributed by atoms with E-state index in [0.29, 0.717) is 5.13 Å². The summed E-state index contributed by atoms with van der Waals surface area (Å²) in [5, 5.41) is 14.5. The molecule has 8 nitrogen and oxygen atoms in total. The van der Waals surface area contributed by atoms with Gasteiger partial charge in [0, 0.05) is 29.7 Å². The molecule has 1 aromatic heterocycles. The first kappa shape index (κ1) is 18.2. The average Bonchev–Trinajstić information content (AvgIpc) is 3.09. The predicted octanol–water partition coefficient (Wildman–Crippen LogP) is 1.80. The Morgan fingerprint density at radius 3 is 2.88 bits per heavy atom. The molecule has 0 aliphatic carbocycles. The smallest absolute Gasteiger partial charge is 0.405 e. The van der Waals surface area contributed by atoms with Gasteiger partial charge in [-0.2, -0.15) is 0 Å². The fourth-order valence-corrected chi connectivity index (χ4v) is 3.48. The first-order chi connectivity index (χ1) is 12.5. The van der Waals surface area contributed by atoms with Crippen LogP contribution in [-0.2, 0) is 9.53 Å². The molecule has 4 N–H and O–H groups in total. The van der Waals surface area contributed by atoms with Gasteiger partial charge < -0.3 is 20.5 Å². The van der Waals surface area contributed by atoms with Crippen molar-refractivity contribution in [3.63, 3.8) is 0 Å². The number of amides is 2. The molecule has 1 aliphatic heterocycles. The van der Waals surface area contributed by atoms with Gasteiger partial charge in [-0.1, -0.05) is 12.1 Å². The minimum Gasteiger partial charge on any atom is -0.440 e. The number of aliphatic hydroxyl groups excluding tert-OH is 1. The molecule has 0 radical (unpaired) electrons. The van der Waals surface area contributed by atoms with Crippen LogP contribution in [0.3, 0.4) is 0 Å². The number of hydrogen-bond donors (Lipinski definition) is 3. The molecular formula is C17H20N4O4S. The second-order valence-corrected chi connectivity index (χ2v) is 6.82. The maximum atomic E-state index is 11.6. The van der Waals surface area contributed by atoms with Crippen molar-refractivity contribution < 1.29 is 19.4 Å². The number of ether oxygens (including phenoxy) is 1. The van der Waals surface area contributed by atoms with Gasteiger partial charge in [-0.25, -0.2) is 9.78 Å². The van der Waals surface area contributed by atoms with Crippen molar-refractivity contribution >= 4 is 34.2 Å². The summed E-state index contributed by atoms with van der Waals surface area (Å²) in [6.07, 6.45) is 0.328. The maximum Gasteiger partial charge on any atom is 0.405 e. The minimum absolute atomic E-state index is 0.210. The highest BCUT2D eigenvalue weighted by molar-refractivity contribution is 7.14. The van der Waals surface area contributed by atoms with E-state index in [1.165, 1.54) is 11.3 Å². The van der Waals surface area contributed by atoms with Gasteiger partial charge in [0.1, 0.15) is 0 Å². The molecule has 2 heterocycles. The summed E-state index contributed by atoms with van der Waals surface area (Å²) in [6.45, 7) is 1.20. The number of nitrogens with two attached hydrogens (primary N) is 1. The summed E-state index contributed by atoms with van der Waals surface area (Å²) in [5.41, 5.74) is 7.60. The third-order valence-electron chi connectivity index (χ3n) is 4.07. The van der Waals surface area contributed by atoms with Crippen LogP contribution < -0.4 is 16.0 Å². The molecule has 1 aliphatic rings. The van der Waals surface area contributed by atoms with Gasteiger partial charge in [0.15, 0.2) is 11.7 Å². The number of carbonyl (C=O) groups is 2. The van der Waals surface area contributed by atoms with Gasteiger partial charge in [-0.05, 0) is 25.0 Å². The molecule has 3 rings (SSSR count). The van der Waals surface area contributed by atoms with Crippen LogP contribution in [0.4, 0.5) is 15.6 Å². The first-order valence-corrected chi connectivity index (χ1v) is 9.10. The lowest BCUT2D eigenvalue weighted by molar-refractivity contribution is -0.118. The summed E-state index contributed by atoms with van der Waals surface area (Å²) in [5.74, 6) is -0.495. The second-order valence-electron chi connectivity index (χ2n) is 5.96. The number of nitrogens with zero attached hydrogens (tertiary/aromatic N) is 2. The predicted molar refractivity (Wildman–Crippen MR) is 99.2 cm³/mol. The molecule has 9 heteroatoms. The molecule has 0 saturated carbocycles. The van der Waals surface area contributed by atoms with Gasteiger partial charge in [0.05, 0.1) is 11.8 Å². The number of piperidine rings is 1. The Morgan fingerprint density at radius 2 is 2.15 bits per heavy atom. The van der Waals surface area contributed by atoms with E-state index in [-0.39, 0.29) is 6.10 Å². The van der Waals surface area contributed by atoms with Crippen LogP contribution in [0.15, 0.2) is 29.6 Å². The van der Waals surface area contributed by atoms with Crippen molar-refractivity contribution in [3.05, 3.63) is 29.6 Å². The molecule has 0 spiro atoms. The molecule has 1 saturated heterocycles. The van der Waals surface area contributed by atoms with Crippen molar-refractivity contribution in [2.75, 3.05) is 29.9 Å². The van der Waals surface area contributed by atoms with Crippen molar-refractivity contribution in [3.8, 4) is 11.3 Å². The SMILES string of the molecule is NC(=O)OCC(=O)Nc1nc(-c2cccc(N3CCC(O)CC3)c2)cs1. The number of hydrogen-bond acceptors (Lipinski definition) is 7. The molecule has 2 amide bonds. The molecule has 1 fully saturated rings. The van der Waals surface area contributed by atoms with Gasteiger partial charge >= 0.3 is 6.09 Å². The summed E-state index contributed by atoms with van der Waals surface area (Å²) in [6, 6.07) is 8.01. The maximum absolute atomic E-state index is 11.6. The van der Waals surface area contributed by atoms with Crippen molar-refractivity contribution in [2.45, 2.75) is 18.9 Å². The highest BCUT2D eigenvalue weighted by atomic mass is 32.1. The van der Waals surface area contributed by atoms with E-state index in [0.717, 1.165) is 42.9 Å². The molecule has 138 valence electrons. The highest BCUT2D eigenvalue weighted by Gasteiger charge is 2.18. The van der Waals surface area contributed by atoms with Crippen LogP contribution in [0.25, 0.3) is 11.3 Å². The van der Waals surface area contributed by atoms with Crippen LogP contribution >= 0.6 is 11.3 Å². The van der Waals surface area contributed by atoms with Crippen LogP contribution in [0, 0.1) is 0 Å². The second kappa shape index (κ2) is 8.15. The fourth-order valence-electron chi connectivity index (χ4n) is 2.74. The number of aromatic nitrogens is 1. The van der Waals surface area contributed by atoms with E-state index in [1.54, 1.807) is 0 Å². The van der Waals surface area contributed by atoms with Gasteiger partial charge in [0.25, 0.3) is 5.91 Å². The zero-order chi connectivity index (χ0) is 18.5.